The highest BCUT2D eigenvalue weighted by atomic mass is 19.4. The van der Waals surface area contributed by atoms with Crippen LogP contribution in [0.1, 0.15) is 15.9 Å². The Bertz CT molecular complexity index is 1230. The molecule has 0 atom stereocenters. The number of aromatic nitrogens is 2. The summed E-state index contributed by atoms with van der Waals surface area (Å²) in [6, 6.07) is 23.4. The minimum Gasteiger partial charge on any atom is -0.362 e. The highest BCUT2D eigenvalue weighted by Gasteiger charge is 2.29. The van der Waals surface area contributed by atoms with Crippen LogP contribution in [0.2, 0.25) is 0 Å². The summed E-state index contributed by atoms with van der Waals surface area (Å²) < 4.78 is 39.7. The molecule has 7 heteroatoms. The first-order valence-electron chi connectivity index (χ1n) is 9.77. The number of hydrogen-bond acceptors (Lipinski definition) is 3. The van der Waals surface area contributed by atoms with Gasteiger partial charge in [-0.2, -0.15) is 18.3 Å². The summed E-state index contributed by atoms with van der Waals surface area (Å²) in [4.78, 5) is 12.9. The van der Waals surface area contributed by atoms with E-state index in [9.17, 15) is 18.0 Å². The molecule has 0 fully saturated rings. The highest BCUT2D eigenvalue weighted by Crippen LogP contribution is 2.30. The smallest absolute Gasteiger partial charge is 0.362 e. The van der Waals surface area contributed by atoms with Gasteiger partial charge in [-0.05, 0) is 36.4 Å². The summed E-state index contributed by atoms with van der Waals surface area (Å²) in [6.07, 6.45) is 0.00949. The van der Waals surface area contributed by atoms with Crippen molar-refractivity contribution in [1.82, 2.24) is 9.78 Å². The zero-order valence-corrected chi connectivity index (χ0v) is 16.8. The molecule has 0 spiro atoms. The van der Waals surface area contributed by atoms with E-state index in [0.29, 0.717) is 16.9 Å². The Balaban J connectivity index is 1.58. The maximum atomic E-state index is 12.9. The molecule has 0 aliphatic carbocycles. The lowest BCUT2D eigenvalue weighted by Gasteiger charge is -2.07. The minimum absolute atomic E-state index is 0.287. The Morgan fingerprint density at radius 2 is 1.50 bits per heavy atom. The van der Waals surface area contributed by atoms with Gasteiger partial charge < -0.3 is 5.32 Å². The van der Waals surface area contributed by atoms with E-state index in [4.69, 9.17) is 0 Å². The molecule has 32 heavy (non-hydrogen) atoms. The summed E-state index contributed by atoms with van der Waals surface area (Å²) in [5.74, 6) is -0.287. The van der Waals surface area contributed by atoms with Gasteiger partial charge in [-0.3, -0.25) is 4.79 Å². The monoisotopic (exact) mass is 433 g/mol. The van der Waals surface area contributed by atoms with Crippen LogP contribution in [0.3, 0.4) is 0 Å². The maximum Gasteiger partial charge on any atom is 0.416 e. The van der Waals surface area contributed by atoms with Gasteiger partial charge in [0.2, 0.25) is 0 Å². The lowest BCUT2D eigenvalue weighted by atomic mass is 10.1. The molecule has 0 radical (unpaired) electrons. The first-order chi connectivity index (χ1) is 15.4. The van der Waals surface area contributed by atoms with E-state index in [1.54, 1.807) is 10.9 Å². The third kappa shape index (κ3) is 4.78. The van der Waals surface area contributed by atoms with Crippen molar-refractivity contribution in [3.8, 4) is 16.9 Å². The zero-order valence-electron chi connectivity index (χ0n) is 16.8. The van der Waals surface area contributed by atoms with Gasteiger partial charge in [0.25, 0.3) is 0 Å². The number of anilines is 1. The summed E-state index contributed by atoms with van der Waals surface area (Å²) in [6.45, 7) is 0. The van der Waals surface area contributed by atoms with Crippen molar-refractivity contribution in [3.05, 3.63) is 115 Å². The number of nitrogens with zero attached hydrogens (tertiary/aromatic N) is 2. The van der Waals surface area contributed by atoms with E-state index in [0.717, 1.165) is 23.4 Å². The predicted octanol–water partition coefficient (Wildman–Crippen LogP) is 6.37. The lowest BCUT2D eigenvalue weighted by Crippen LogP contribution is -2.04. The summed E-state index contributed by atoms with van der Waals surface area (Å²) in [5.41, 5.74) is 2.27. The third-order valence-corrected chi connectivity index (χ3v) is 4.74. The molecule has 0 saturated carbocycles. The molecule has 0 aliphatic heterocycles. The summed E-state index contributed by atoms with van der Waals surface area (Å²) >= 11 is 0. The van der Waals surface area contributed by atoms with Crippen LogP contribution in [-0.2, 0) is 6.18 Å². The maximum absolute atomic E-state index is 12.9. The third-order valence-electron chi connectivity index (χ3n) is 4.74. The van der Waals surface area contributed by atoms with Gasteiger partial charge in [0.15, 0.2) is 5.78 Å². The number of para-hydroxylation sites is 1. The van der Waals surface area contributed by atoms with Crippen LogP contribution in [0.25, 0.3) is 16.9 Å². The largest absolute Gasteiger partial charge is 0.416 e. The van der Waals surface area contributed by atoms with Crippen molar-refractivity contribution in [2.75, 3.05) is 5.32 Å². The van der Waals surface area contributed by atoms with E-state index in [1.165, 1.54) is 24.4 Å². The van der Waals surface area contributed by atoms with Gasteiger partial charge in [0, 0.05) is 29.7 Å². The molecule has 4 nitrogen and oxygen atoms in total. The molecule has 160 valence electrons. The van der Waals surface area contributed by atoms with Gasteiger partial charge in [0.1, 0.15) is 5.69 Å². The lowest BCUT2D eigenvalue weighted by molar-refractivity contribution is -0.137. The van der Waals surface area contributed by atoms with Crippen LogP contribution >= 0.6 is 0 Å². The number of carbonyl (C=O) groups excluding carboxylic acids is 1. The van der Waals surface area contributed by atoms with E-state index in [2.05, 4.69) is 10.4 Å². The molecule has 3 aromatic carbocycles. The molecule has 1 N–H and O–H groups in total. The van der Waals surface area contributed by atoms with Crippen LogP contribution in [-0.4, -0.2) is 15.6 Å². The van der Waals surface area contributed by atoms with Crippen molar-refractivity contribution in [1.29, 1.82) is 0 Å². The van der Waals surface area contributed by atoms with E-state index in [1.807, 2.05) is 60.7 Å². The number of benzene rings is 3. The normalized spacial score (nSPS) is 11.6. The fourth-order valence-corrected chi connectivity index (χ4v) is 3.14. The molecule has 0 bridgehead atoms. The first-order valence-corrected chi connectivity index (χ1v) is 9.77. The van der Waals surface area contributed by atoms with Gasteiger partial charge in [-0.15, -0.1) is 0 Å². The van der Waals surface area contributed by atoms with Crippen LogP contribution in [0, 0.1) is 0 Å². The molecule has 0 aliphatic rings. The zero-order chi connectivity index (χ0) is 22.6. The van der Waals surface area contributed by atoms with Crippen LogP contribution in [0.5, 0.6) is 0 Å². The molecule has 1 heterocycles. The minimum atomic E-state index is -4.39. The van der Waals surface area contributed by atoms with Crippen molar-refractivity contribution >= 4 is 11.5 Å². The average molecular weight is 433 g/mol. The Hall–Kier alpha value is -4.13. The van der Waals surface area contributed by atoms with E-state index in [-0.39, 0.29) is 5.78 Å². The average Bonchev–Trinajstić information content (AvgIpc) is 3.26. The van der Waals surface area contributed by atoms with Gasteiger partial charge in [-0.25, -0.2) is 4.68 Å². The molecular weight excluding hydrogens is 415 g/mol. The van der Waals surface area contributed by atoms with Gasteiger partial charge in [0.05, 0.1) is 16.8 Å². The standard InChI is InChI=1S/C25H18F3N3O/c26-25(27,28)19-11-13-20(14-12-19)29-16-15-23(32)22-17-31(21-9-5-2-6-10-21)30-24(22)18-7-3-1-4-8-18/h1-17,29H/b16-15-. The Morgan fingerprint density at radius 3 is 2.12 bits per heavy atom. The molecule has 0 saturated heterocycles. The second-order valence-electron chi connectivity index (χ2n) is 6.95. The predicted molar refractivity (Wildman–Crippen MR) is 118 cm³/mol. The molecule has 4 aromatic rings. The molecule has 0 unspecified atom stereocenters. The SMILES string of the molecule is O=C(/C=C\Nc1ccc(C(F)(F)F)cc1)c1cn(-c2ccccc2)nc1-c1ccccc1. The summed E-state index contributed by atoms with van der Waals surface area (Å²) in [5, 5.41) is 7.43. The van der Waals surface area contributed by atoms with Crippen LogP contribution in [0.4, 0.5) is 18.9 Å². The highest BCUT2D eigenvalue weighted by molar-refractivity contribution is 6.08. The van der Waals surface area contributed by atoms with Gasteiger partial charge in [-0.1, -0.05) is 48.5 Å². The van der Waals surface area contributed by atoms with Crippen molar-refractivity contribution in [3.63, 3.8) is 0 Å². The quantitative estimate of drug-likeness (QED) is 0.284. The second-order valence-corrected chi connectivity index (χ2v) is 6.95. The number of rotatable bonds is 6. The summed E-state index contributed by atoms with van der Waals surface area (Å²) in [7, 11) is 0. The number of allylic oxidation sites excluding steroid dienone is 1. The second kappa shape index (κ2) is 8.93. The number of carbonyl (C=O) groups is 1. The van der Waals surface area contributed by atoms with Crippen LogP contribution < -0.4 is 5.32 Å². The van der Waals surface area contributed by atoms with Crippen molar-refractivity contribution < 1.29 is 18.0 Å². The Morgan fingerprint density at radius 1 is 0.875 bits per heavy atom. The molecule has 4 rings (SSSR count). The molecule has 1 aromatic heterocycles. The van der Waals surface area contributed by atoms with Crippen molar-refractivity contribution in [2.45, 2.75) is 6.18 Å². The number of nitrogens with one attached hydrogen (secondary N) is 1. The first kappa shape index (κ1) is 21.1. The van der Waals surface area contributed by atoms with Crippen molar-refractivity contribution in [2.24, 2.45) is 0 Å². The fourth-order valence-electron chi connectivity index (χ4n) is 3.14. The van der Waals surface area contributed by atoms with E-state index >= 15 is 0 Å². The van der Waals surface area contributed by atoms with Crippen LogP contribution in [0.15, 0.2) is 103 Å². The van der Waals surface area contributed by atoms with E-state index < -0.39 is 11.7 Å². The Kier molecular flexibility index (Phi) is 5.89. The number of alkyl halides is 3. The number of halogens is 3. The van der Waals surface area contributed by atoms with Gasteiger partial charge >= 0.3 is 6.18 Å². The Labute approximate surface area is 182 Å². The number of hydrogen-bond donors (Lipinski definition) is 1. The number of ketones is 1. The topological polar surface area (TPSA) is 46.9 Å². The molecule has 0 amide bonds. The fraction of sp³-hybridized carbons (Fsp3) is 0.0400. The molecular formula is C25H18F3N3O.